The van der Waals surface area contributed by atoms with Crippen molar-refractivity contribution in [2.45, 2.75) is 43.2 Å². The summed E-state index contributed by atoms with van der Waals surface area (Å²) in [7, 11) is -2.85. The summed E-state index contributed by atoms with van der Waals surface area (Å²) in [6.07, 6.45) is 1.92. The molecule has 0 amide bonds. The number of halogens is 1. The maximum atomic E-state index is 12.9. The van der Waals surface area contributed by atoms with Crippen molar-refractivity contribution < 1.29 is 17.4 Å². The molecule has 1 saturated heterocycles. The first-order chi connectivity index (χ1) is 10.8. The van der Waals surface area contributed by atoms with Gasteiger partial charge in [0.05, 0.1) is 9.92 Å². The summed E-state index contributed by atoms with van der Waals surface area (Å²) >= 11 is 6.21. The second kappa shape index (κ2) is 6.35. The van der Waals surface area contributed by atoms with Crippen molar-refractivity contribution >= 4 is 32.4 Å². The molecule has 0 spiro atoms. The lowest BCUT2D eigenvalue weighted by Gasteiger charge is -2.30. The molecule has 0 unspecified atom stereocenters. The third-order valence-corrected chi connectivity index (χ3v) is 8.02. The van der Waals surface area contributed by atoms with Crippen LogP contribution in [0.4, 0.5) is 0 Å². The third-order valence-electron chi connectivity index (χ3n) is 4.47. The molecule has 5 nitrogen and oxygen atoms in total. The highest BCUT2D eigenvalue weighted by atomic mass is 35.5. The summed E-state index contributed by atoms with van der Waals surface area (Å²) < 4.78 is 44.3. The van der Waals surface area contributed by atoms with Gasteiger partial charge in [0.15, 0.2) is 0 Å². The Bertz CT molecular complexity index is 740. The zero-order chi connectivity index (χ0) is 16.8. The maximum Gasteiger partial charge on any atom is 0.243 e. The fraction of sp³-hybridized carbons (Fsp3) is 0.600. The number of sulfonamides is 1. The molecule has 128 valence electrons. The molecule has 0 aromatic heterocycles. The van der Waals surface area contributed by atoms with E-state index in [9.17, 15) is 12.6 Å². The summed E-state index contributed by atoms with van der Waals surface area (Å²) in [6.45, 7) is 1.93. The fourth-order valence-corrected chi connectivity index (χ4v) is 6.23. The van der Waals surface area contributed by atoms with E-state index in [-0.39, 0.29) is 17.0 Å². The van der Waals surface area contributed by atoms with E-state index in [1.807, 2.05) is 6.92 Å². The minimum atomic E-state index is -3.62. The first kappa shape index (κ1) is 17.2. The summed E-state index contributed by atoms with van der Waals surface area (Å²) in [5.41, 5.74) is 0.835. The summed E-state index contributed by atoms with van der Waals surface area (Å²) in [6, 6.07) is 3.02. The summed E-state index contributed by atoms with van der Waals surface area (Å²) in [5.74, 6) is 1.70. The molecular formula is C15H20ClNO4S2. The van der Waals surface area contributed by atoms with Crippen molar-refractivity contribution in [3.8, 4) is 5.75 Å². The van der Waals surface area contributed by atoms with E-state index >= 15 is 0 Å². The molecule has 0 aliphatic carbocycles. The second-order valence-electron chi connectivity index (χ2n) is 6.13. The molecule has 0 bridgehead atoms. The highest BCUT2D eigenvalue weighted by molar-refractivity contribution is 7.89. The monoisotopic (exact) mass is 377 g/mol. The summed E-state index contributed by atoms with van der Waals surface area (Å²) in [4.78, 5) is 0.202. The first-order valence-electron chi connectivity index (χ1n) is 7.61. The normalized spacial score (nSPS) is 27.7. The van der Waals surface area contributed by atoms with Crippen LogP contribution >= 0.6 is 11.6 Å². The van der Waals surface area contributed by atoms with Gasteiger partial charge in [-0.25, -0.2) is 8.42 Å². The van der Waals surface area contributed by atoms with E-state index in [1.165, 1.54) is 10.4 Å². The van der Waals surface area contributed by atoms with Crippen molar-refractivity contribution in [2.75, 3.05) is 18.6 Å². The zero-order valence-electron chi connectivity index (χ0n) is 13.1. The Morgan fingerprint density at radius 3 is 2.61 bits per heavy atom. The molecule has 0 N–H and O–H groups in total. The van der Waals surface area contributed by atoms with Gasteiger partial charge in [0, 0.05) is 47.4 Å². The molecule has 1 fully saturated rings. The quantitative estimate of drug-likeness (QED) is 0.810. The molecule has 2 aliphatic heterocycles. The van der Waals surface area contributed by atoms with Crippen molar-refractivity contribution in [3.05, 3.63) is 22.7 Å². The average Bonchev–Trinajstić information content (AvgIpc) is 2.88. The van der Waals surface area contributed by atoms with E-state index in [0.29, 0.717) is 41.5 Å². The van der Waals surface area contributed by atoms with Crippen LogP contribution in [-0.2, 0) is 27.2 Å². The van der Waals surface area contributed by atoms with Gasteiger partial charge in [-0.2, -0.15) is 4.31 Å². The predicted octanol–water partition coefficient (Wildman–Crippen LogP) is 2.20. The number of nitrogens with zero attached hydrogens (tertiary/aromatic N) is 1. The van der Waals surface area contributed by atoms with Gasteiger partial charge in [-0.15, -0.1) is 0 Å². The Balaban J connectivity index is 1.90. The molecule has 0 saturated carbocycles. The number of rotatable bonds is 3. The standard InChI is InChI=1S/C15H20ClNO4S2/c1-10-7-11-8-13(9-14(16)15(11)21-10)23(19,20)17(2)12-3-5-22(18)6-4-12/h8-10,12H,3-7H2,1-2H3/t10-,12?,22?/m0/s1. The lowest BCUT2D eigenvalue weighted by Crippen LogP contribution is -2.41. The zero-order valence-corrected chi connectivity index (χ0v) is 15.5. The highest BCUT2D eigenvalue weighted by Crippen LogP contribution is 2.38. The third kappa shape index (κ3) is 3.29. The molecule has 1 aromatic carbocycles. The number of hydrogen-bond donors (Lipinski definition) is 0. The van der Waals surface area contributed by atoms with E-state index in [4.69, 9.17) is 16.3 Å². The van der Waals surface area contributed by atoms with Crippen LogP contribution in [-0.4, -0.2) is 47.6 Å². The molecular weight excluding hydrogens is 358 g/mol. The highest BCUT2D eigenvalue weighted by Gasteiger charge is 2.32. The van der Waals surface area contributed by atoms with Gasteiger partial charge in [0.1, 0.15) is 11.9 Å². The largest absolute Gasteiger partial charge is 0.489 e. The average molecular weight is 378 g/mol. The number of benzene rings is 1. The van der Waals surface area contributed by atoms with Crippen LogP contribution in [0.15, 0.2) is 17.0 Å². The van der Waals surface area contributed by atoms with Crippen molar-refractivity contribution in [1.82, 2.24) is 4.31 Å². The van der Waals surface area contributed by atoms with Gasteiger partial charge >= 0.3 is 0 Å². The van der Waals surface area contributed by atoms with E-state index in [2.05, 4.69) is 0 Å². The van der Waals surface area contributed by atoms with Crippen molar-refractivity contribution in [2.24, 2.45) is 0 Å². The molecule has 8 heteroatoms. The van der Waals surface area contributed by atoms with Crippen LogP contribution in [0.1, 0.15) is 25.3 Å². The Morgan fingerprint density at radius 1 is 1.30 bits per heavy atom. The minimum absolute atomic E-state index is 0.00603. The van der Waals surface area contributed by atoms with Crippen LogP contribution in [0.5, 0.6) is 5.75 Å². The molecule has 2 heterocycles. The van der Waals surface area contributed by atoms with Gasteiger partial charge in [-0.05, 0) is 31.9 Å². The molecule has 1 aromatic rings. The molecule has 23 heavy (non-hydrogen) atoms. The van der Waals surface area contributed by atoms with E-state index < -0.39 is 20.8 Å². The van der Waals surface area contributed by atoms with Gasteiger partial charge in [0.2, 0.25) is 10.0 Å². The second-order valence-corrected chi connectivity index (χ2v) is 10.2. The minimum Gasteiger partial charge on any atom is -0.489 e. The van der Waals surface area contributed by atoms with E-state index in [1.54, 1.807) is 13.1 Å². The Morgan fingerprint density at radius 2 is 1.96 bits per heavy atom. The van der Waals surface area contributed by atoms with Crippen LogP contribution in [0.3, 0.4) is 0 Å². The summed E-state index contributed by atoms with van der Waals surface area (Å²) in [5, 5.41) is 0.337. The lowest BCUT2D eigenvalue weighted by atomic mass is 10.1. The first-order valence-corrected chi connectivity index (χ1v) is 10.9. The Kier molecular flexibility index (Phi) is 4.75. The van der Waals surface area contributed by atoms with Crippen LogP contribution in [0, 0.1) is 0 Å². The number of hydrogen-bond acceptors (Lipinski definition) is 4. The van der Waals surface area contributed by atoms with Gasteiger partial charge in [-0.3, -0.25) is 4.21 Å². The smallest absolute Gasteiger partial charge is 0.243 e. The van der Waals surface area contributed by atoms with Gasteiger partial charge < -0.3 is 4.74 Å². The lowest BCUT2D eigenvalue weighted by molar-refractivity contribution is 0.255. The van der Waals surface area contributed by atoms with Crippen molar-refractivity contribution in [1.29, 1.82) is 0 Å². The number of fused-ring (bicyclic) bond motifs is 1. The van der Waals surface area contributed by atoms with Gasteiger partial charge in [0.25, 0.3) is 0 Å². The fourth-order valence-electron chi connectivity index (χ4n) is 3.12. The topological polar surface area (TPSA) is 63.7 Å². The molecule has 2 aliphatic rings. The van der Waals surface area contributed by atoms with Crippen LogP contribution in [0.25, 0.3) is 0 Å². The van der Waals surface area contributed by atoms with E-state index in [0.717, 1.165) is 5.56 Å². The van der Waals surface area contributed by atoms with Crippen LogP contribution < -0.4 is 4.74 Å². The maximum absolute atomic E-state index is 12.9. The van der Waals surface area contributed by atoms with Crippen LogP contribution in [0.2, 0.25) is 5.02 Å². The Labute approximate surface area is 144 Å². The number of ether oxygens (including phenoxy) is 1. The molecule has 3 rings (SSSR count). The van der Waals surface area contributed by atoms with Crippen molar-refractivity contribution in [3.63, 3.8) is 0 Å². The Hall–Kier alpha value is -0.630. The molecule has 0 radical (unpaired) electrons. The SMILES string of the molecule is C[C@H]1Cc2cc(S(=O)(=O)N(C)C3CCS(=O)CC3)cc(Cl)c2O1. The van der Waals surface area contributed by atoms with Gasteiger partial charge in [-0.1, -0.05) is 11.6 Å². The predicted molar refractivity (Wildman–Crippen MR) is 91.1 cm³/mol. The molecule has 1 atom stereocenters.